The highest BCUT2D eigenvalue weighted by molar-refractivity contribution is 7.09. The van der Waals surface area contributed by atoms with Crippen LogP contribution in [-0.4, -0.2) is 27.3 Å². The predicted octanol–water partition coefficient (Wildman–Crippen LogP) is 1.40. The van der Waals surface area contributed by atoms with Gasteiger partial charge >= 0.3 is 5.97 Å². The molecule has 1 aromatic rings. The largest absolute Gasteiger partial charge is 0.481 e. The van der Waals surface area contributed by atoms with Gasteiger partial charge in [-0.3, -0.25) is 9.78 Å². The van der Waals surface area contributed by atoms with Gasteiger partial charge < -0.3 is 10.2 Å². The maximum Gasteiger partial charge on any atom is 0.315 e. The van der Waals surface area contributed by atoms with Crippen molar-refractivity contribution in [3.8, 4) is 0 Å². The monoisotopic (exact) mass is 227 g/mol. The van der Waals surface area contributed by atoms with Crippen LogP contribution in [0.15, 0.2) is 11.7 Å². The topological polar surface area (TPSA) is 70.4 Å². The number of hydrogen-bond acceptors (Lipinski definition) is 4. The Kier molecular flexibility index (Phi) is 2.75. The normalized spacial score (nSPS) is 31.4. The fourth-order valence-electron chi connectivity index (χ4n) is 2.11. The van der Waals surface area contributed by atoms with Crippen molar-refractivity contribution in [3.63, 3.8) is 0 Å². The molecular weight excluding hydrogens is 214 g/mol. The summed E-state index contributed by atoms with van der Waals surface area (Å²) in [5.41, 5.74) is 0.853. The van der Waals surface area contributed by atoms with Crippen LogP contribution >= 0.6 is 11.3 Å². The predicted molar refractivity (Wildman–Crippen MR) is 55.9 cm³/mol. The van der Waals surface area contributed by atoms with Crippen molar-refractivity contribution < 1.29 is 15.0 Å². The second kappa shape index (κ2) is 3.90. The molecule has 5 heteroatoms. The van der Waals surface area contributed by atoms with Gasteiger partial charge in [0.05, 0.1) is 11.6 Å². The molecule has 4 nitrogen and oxygen atoms in total. The molecule has 0 amide bonds. The molecule has 0 atom stereocenters. The molecule has 1 fully saturated rings. The van der Waals surface area contributed by atoms with Crippen molar-refractivity contribution in [2.24, 2.45) is 0 Å². The van der Waals surface area contributed by atoms with Crippen LogP contribution in [-0.2, 0) is 10.2 Å². The van der Waals surface area contributed by atoms with Crippen molar-refractivity contribution in [1.29, 1.82) is 0 Å². The maximum atomic E-state index is 11.4. The second-order valence-electron chi connectivity index (χ2n) is 3.98. The molecule has 0 aromatic carbocycles. The molecule has 0 unspecified atom stereocenters. The smallest absolute Gasteiger partial charge is 0.315 e. The quantitative estimate of drug-likeness (QED) is 0.801. The van der Waals surface area contributed by atoms with E-state index in [1.807, 2.05) is 0 Å². The van der Waals surface area contributed by atoms with Crippen LogP contribution < -0.4 is 0 Å². The molecule has 2 N–H and O–H groups in total. The van der Waals surface area contributed by atoms with Gasteiger partial charge in [-0.25, -0.2) is 0 Å². The molecule has 2 rings (SSSR count). The third-order valence-corrected chi connectivity index (χ3v) is 4.10. The first-order valence-electron chi connectivity index (χ1n) is 4.95. The summed E-state index contributed by atoms with van der Waals surface area (Å²) in [7, 11) is 0. The van der Waals surface area contributed by atoms with Gasteiger partial charge in [0.15, 0.2) is 0 Å². The first kappa shape index (κ1) is 10.6. The van der Waals surface area contributed by atoms with Crippen LogP contribution in [0.5, 0.6) is 0 Å². The molecule has 0 radical (unpaired) electrons. The lowest BCUT2D eigenvalue weighted by Crippen LogP contribution is -2.40. The van der Waals surface area contributed by atoms with Gasteiger partial charge in [0.2, 0.25) is 0 Å². The fourth-order valence-corrected chi connectivity index (χ4v) is 2.99. The van der Waals surface area contributed by atoms with Gasteiger partial charge in [-0.2, -0.15) is 0 Å². The highest BCUT2D eigenvalue weighted by Crippen LogP contribution is 2.41. The minimum atomic E-state index is -0.805. The summed E-state index contributed by atoms with van der Waals surface area (Å²) in [6, 6.07) is 0. The Morgan fingerprint density at radius 2 is 2.20 bits per heavy atom. The zero-order valence-corrected chi connectivity index (χ0v) is 9.04. The molecule has 1 aliphatic rings. The number of rotatable bonds is 2. The van der Waals surface area contributed by atoms with E-state index in [2.05, 4.69) is 4.98 Å². The summed E-state index contributed by atoms with van der Waals surface area (Å²) in [5, 5.41) is 18.8. The second-order valence-corrected chi connectivity index (χ2v) is 4.87. The van der Waals surface area contributed by atoms with E-state index >= 15 is 0 Å². The van der Waals surface area contributed by atoms with E-state index < -0.39 is 11.4 Å². The van der Waals surface area contributed by atoms with E-state index in [0.29, 0.717) is 25.7 Å². The van der Waals surface area contributed by atoms with Crippen LogP contribution in [0.3, 0.4) is 0 Å². The Hall–Kier alpha value is -0.940. The Labute approximate surface area is 91.6 Å². The molecule has 82 valence electrons. The van der Waals surface area contributed by atoms with E-state index in [4.69, 9.17) is 0 Å². The fraction of sp³-hybridized carbons (Fsp3) is 0.600. The molecule has 0 saturated heterocycles. The Morgan fingerprint density at radius 3 is 2.67 bits per heavy atom. The van der Waals surface area contributed by atoms with Crippen molar-refractivity contribution in [3.05, 3.63) is 16.6 Å². The van der Waals surface area contributed by atoms with Gasteiger partial charge in [0.1, 0.15) is 5.41 Å². The van der Waals surface area contributed by atoms with E-state index in [1.165, 1.54) is 11.3 Å². The average Bonchev–Trinajstić information content (AvgIpc) is 2.72. The Bertz CT molecular complexity index is 342. The molecule has 1 aromatic heterocycles. The number of hydrogen-bond donors (Lipinski definition) is 2. The SMILES string of the molecule is O=C(O)C1(c2cncs2)CCC(O)CC1. The molecule has 0 spiro atoms. The number of nitrogens with zero attached hydrogens (tertiary/aromatic N) is 1. The third kappa shape index (κ3) is 1.77. The minimum Gasteiger partial charge on any atom is -0.481 e. The number of aliphatic hydroxyl groups excluding tert-OH is 1. The molecule has 0 bridgehead atoms. The summed E-state index contributed by atoms with van der Waals surface area (Å²) in [5.74, 6) is -0.793. The first-order valence-corrected chi connectivity index (χ1v) is 5.83. The van der Waals surface area contributed by atoms with Gasteiger partial charge in [0.25, 0.3) is 0 Å². The number of carboxylic acids is 1. The van der Waals surface area contributed by atoms with Crippen LogP contribution in [0.2, 0.25) is 0 Å². The molecule has 1 heterocycles. The minimum absolute atomic E-state index is 0.342. The van der Waals surface area contributed by atoms with Crippen molar-refractivity contribution in [2.75, 3.05) is 0 Å². The van der Waals surface area contributed by atoms with Crippen molar-refractivity contribution in [2.45, 2.75) is 37.2 Å². The summed E-state index contributed by atoms with van der Waals surface area (Å²) in [6.45, 7) is 0. The Balaban J connectivity index is 2.30. The summed E-state index contributed by atoms with van der Waals surface area (Å²) < 4.78 is 0. The standard InChI is InChI=1S/C10H13NO3S/c12-7-1-3-10(4-2-7,9(13)14)8-5-11-6-15-8/h5-7,12H,1-4H2,(H,13,14). The maximum absolute atomic E-state index is 11.4. The zero-order valence-electron chi connectivity index (χ0n) is 8.22. The average molecular weight is 227 g/mol. The lowest BCUT2D eigenvalue weighted by molar-refractivity contribution is -0.146. The summed E-state index contributed by atoms with van der Waals surface area (Å²) in [6.07, 6.45) is 3.42. The van der Waals surface area contributed by atoms with E-state index in [0.717, 1.165) is 4.88 Å². The van der Waals surface area contributed by atoms with Gasteiger partial charge in [-0.1, -0.05) is 0 Å². The number of carbonyl (C=O) groups is 1. The van der Waals surface area contributed by atoms with Crippen LogP contribution in [0.4, 0.5) is 0 Å². The molecular formula is C10H13NO3S. The molecule has 0 aliphatic heterocycles. The van der Waals surface area contributed by atoms with Gasteiger partial charge in [-0.15, -0.1) is 11.3 Å². The Morgan fingerprint density at radius 1 is 1.53 bits per heavy atom. The molecule has 15 heavy (non-hydrogen) atoms. The van der Waals surface area contributed by atoms with Crippen LogP contribution in [0.1, 0.15) is 30.6 Å². The number of aromatic nitrogens is 1. The first-order chi connectivity index (χ1) is 7.15. The lowest BCUT2D eigenvalue weighted by Gasteiger charge is -2.34. The number of aliphatic hydroxyl groups is 1. The highest BCUT2D eigenvalue weighted by Gasteiger charge is 2.44. The van der Waals surface area contributed by atoms with Crippen LogP contribution in [0.25, 0.3) is 0 Å². The van der Waals surface area contributed by atoms with E-state index in [-0.39, 0.29) is 6.10 Å². The number of carboxylic acid groups (broad SMARTS) is 1. The van der Waals surface area contributed by atoms with E-state index in [1.54, 1.807) is 11.7 Å². The highest BCUT2D eigenvalue weighted by atomic mass is 32.1. The zero-order chi connectivity index (χ0) is 10.9. The summed E-state index contributed by atoms with van der Waals surface area (Å²) >= 11 is 1.38. The molecule has 1 aliphatic carbocycles. The van der Waals surface area contributed by atoms with Crippen molar-refractivity contribution in [1.82, 2.24) is 4.98 Å². The van der Waals surface area contributed by atoms with Gasteiger partial charge in [0, 0.05) is 11.1 Å². The number of thiazole rings is 1. The third-order valence-electron chi connectivity index (χ3n) is 3.12. The van der Waals surface area contributed by atoms with Crippen molar-refractivity contribution >= 4 is 17.3 Å². The van der Waals surface area contributed by atoms with Gasteiger partial charge in [-0.05, 0) is 25.7 Å². The number of aliphatic carboxylic acids is 1. The van der Waals surface area contributed by atoms with E-state index in [9.17, 15) is 15.0 Å². The summed E-state index contributed by atoms with van der Waals surface area (Å²) in [4.78, 5) is 16.1. The molecule has 1 saturated carbocycles. The lowest BCUT2D eigenvalue weighted by atomic mass is 9.72. The van der Waals surface area contributed by atoms with Crippen LogP contribution in [0, 0.1) is 0 Å².